The number of aliphatic hydroxyl groups excluding tert-OH is 1. The molecule has 4 rings (SSSR count). The number of para-hydroxylation sites is 1. The molecule has 4 aromatic rings. The first kappa shape index (κ1) is 35.2. The van der Waals surface area contributed by atoms with Crippen LogP contribution in [-0.2, 0) is 43.4 Å². The maximum Gasteiger partial charge on any atom is 0.407 e. The lowest BCUT2D eigenvalue weighted by molar-refractivity contribution is -0.138. The minimum absolute atomic E-state index is 0.00567. The van der Waals surface area contributed by atoms with E-state index in [9.17, 15) is 34.2 Å². The molecule has 0 aliphatic rings. The minimum atomic E-state index is -1.42. The van der Waals surface area contributed by atoms with E-state index in [0.717, 1.165) is 27.6 Å². The maximum atomic E-state index is 13.3. The van der Waals surface area contributed by atoms with Crippen LogP contribution >= 0.6 is 0 Å². The van der Waals surface area contributed by atoms with Gasteiger partial charge in [0.1, 0.15) is 18.7 Å². The zero-order valence-corrected chi connectivity index (χ0v) is 26.1. The fourth-order valence-electron chi connectivity index (χ4n) is 5.21. The number of hydrogen-bond acceptors (Lipinski definition) is 7. The molecule has 1 aromatic heterocycles. The molecule has 48 heavy (non-hydrogen) atoms. The van der Waals surface area contributed by atoms with Crippen molar-refractivity contribution in [2.24, 2.45) is 5.73 Å². The zero-order valence-electron chi connectivity index (χ0n) is 26.1. The molecular formula is C35H39N5O8. The van der Waals surface area contributed by atoms with Crippen LogP contribution < -0.4 is 21.7 Å². The molecule has 0 bridgehead atoms. The van der Waals surface area contributed by atoms with Gasteiger partial charge in [-0.2, -0.15) is 0 Å². The number of ether oxygens (including phenoxy) is 1. The Morgan fingerprint density at radius 1 is 0.792 bits per heavy atom. The quantitative estimate of drug-likeness (QED) is 0.0893. The summed E-state index contributed by atoms with van der Waals surface area (Å²) in [5.74, 6) is -3.61. The molecule has 13 heteroatoms. The predicted molar refractivity (Wildman–Crippen MR) is 176 cm³/mol. The van der Waals surface area contributed by atoms with E-state index >= 15 is 0 Å². The fourth-order valence-corrected chi connectivity index (χ4v) is 5.21. The number of aliphatic hydroxyl groups is 1. The molecule has 0 aliphatic heterocycles. The van der Waals surface area contributed by atoms with Gasteiger partial charge in [0, 0.05) is 29.9 Å². The molecule has 4 atom stereocenters. The third kappa shape index (κ3) is 10.7. The maximum absolute atomic E-state index is 13.3. The van der Waals surface area contributed by atoms with Gasteiger partial charge in [0.2, 0.25) is 17.7 Å². The van der Waals surface area contributed by atoms with Gasteiger partial charge in [-0.05, 0) is 35.6 Å². The summed E-state index contributed by atoms with van der Waals surface area (Å²) in [5.41, 5.74) is 8.70. The number of benzene rings is 3. The molecule has 8 N–H and O–H groups in total. The first-order valence-corrected chi connectivity index (χ1v) is 15.4. The number of carbonyl (C=O) groups is 5. The van der Waals surface area contributed by atoms with Crippen molar-refractivity contribution < 1.29 is 38.9 Å². The van der Waals surface area contributed by atoms with Gasteiger partial charge < -0.3 is 41.6 Å². The Labute approximate surface area is 276 Å². The average Bonchev–Trinajstić information content (AvgIpc) is 3.48. The van der Waals surface area contributed by atoms with Crippen molar-refractivity contribution in [1.82, 2.24) is 20.9 Å². The van der Waals surface area contributed by atoms with E-state index in [1.807, 2.05) is 36.4 Å². The number of amides is 4. The van der Waals surface area contributed by atoms with Crippen molar-refractivity contribution in [1.29, 1.82) is 0 Å². The second-order valence-corrected chi connectivity index (χ2v) is 11.4. The highest BCUT2D eigenvalue weighted by molar-refractivity contribution is 5.92. The molecule has 0 saturated carbocycles. The minimum Gasteiger partial charge on any atom is -0.481 e. The van der Waals surface area contributed by atoms with Crippen LogP contribution in [0.4, 0.5) is 4.79 Å². The number of hydrogen-bond donors (Lipinski definition) is 7. The van der Waals surface area contributed by atoms with Crippen LogP contribution in [0.2, 0.25) is 0 Å². The number of carbonyl (C=O) groups excluding carboxylic acids is 4. The van der Waals surface area contributed by atoms with Crippen molar-refractivity contribution >= 4 is 40.7 Å². The van der Waals surface area contributed by atoms with Crippen molar-refractivity contribution in [3.8, 4) is 0 Å². The molecule has 0 fully saturated rings. The van der Waals surface area contributed by atoms with Gasteiger partial charge in [-0.25, -0.2) is 4.79 Å². The Bertz CT molecular complexity index is 1690. The third-order valence-electron chi connectivity index (χ3n) is 7.73. The summed E-state index contributed by atoms with van der Waals surface area (Å²) in [7, 11) is 0. The highest BCUT2D eigenvalue weighted by atomic mass is 16.5. The number of carboxylic acids is 1. The summed E-state index contributed by atoms with van der Waals surface area (Å²) in [6.45, 7) is -0.00567. The number of aromatic nitrogens is 1. The van der Waals surface area contributed by atoms with Gasteiger partial charge in [0.15, 0.2) is 0 Å². The summed E-state index contributed by atoms with van der Waals surface area (Å²) in [6, 6.07) is 21.9. The summed E-state index contributed by atoms with van der Waals surface area (Å²) in [6.07, 6.45) is -1.60. The molecule has 252 valence electrons. The first-order valence-electron chi connectivity index (χ1n) is 15.4. The zero-order chi connectivity index (χ0) is 34.5. The van der Waals surface area contributed by atoms with Crippen LogP contribution in [0.1, 0.15) is 36.0 Å². The average molecular weight is 658 g/mol. The molecular weight excluding hydrogens is 618 g/mol. The normalized spacial score (nSPS) is 13.4. The fraction of sp³-hybridized carbons (Fsp3) is 0.286. The van der Waals surface area contributed by atoms with E-state index in [1.54, 1.807) is 54.7 Å². The Morgan fingerprint density at radius 3 is 2.10 bits per heavy atom. The highest BCUT2D eigenvalue weighted by Gasteiger charge is 2.30. The molecule has 0 radical (unpaired) electrons. The Balaban J connectivity index is 1.41. The van der Waals surface area contributed by atoms with E-state index < -0.39 is 66.9 Å². The molecule has 0 unspecified atom stereocenters. The Morgan fingerprint density at radius 2 is 1.44 bits per heavy atom. The Kier molecular flexibility index (Phi) is 12.7. The van der Waals surface area contributed by atoms with E-state index in [4.69, 9.17) is 10.5 Å². The number of alkyl carbamates (subject to hydrolysis) is 1. The second kappa shape index (κ2) is 17.3. The number of aliphatic carboxylic acids is 1. The molecule has 0 spiro atoms. The number of H-pyrrole nitrogens is 1. The topological polar surface area (TPSA) is 213 Å². The number of nitrogens with two attached hydrogens (primary N) is 1. The van der Waals surface area contributed by atoms with Crippen LogP contribution in [0.25, 0.3) is 10.9 Å². The summed E-state index contributed by atoms with van der Waals surface area (Å²) in [5, 5.41) is 28.9. The monoisotopic (exact) mass is 657 g/mol. The summed E-state index contributed by atoms with van der Waals surface area (Å²) >= 11 is 0. The molecule has 13 nitrogen and oxygen atoms in total. The lowest BCUT2D eigenvalue weighted by Gasteiger charge is -2.25. The number of carboxylic acid groups (broad SMARTS) is 1. The highest BCUT2D eigenvalue weighted by Crippen LogP contribution is 2.19. The van der Waals surface area contributed by atoms with E-state index in [1.165, 1.54) is 0 Å². The largest absolute Gasteiger partial charge is 0.481 e. The summed E-state index contributed by atoms with van der Waals surface area (Å²) in [4.78, 5) is 65.9. The second-order valence-electron chi connectivity index (χ2n) is 11.4. The predicted octanol–water partition coefficient (Wildman–Crippen LogP) is 2.32. The Hall–Kier alpha value is -5.69. The standard InChI is InChI=1S/C35H39N5O8/c36-33(45)29(18-24-20-37-26-14-8-7-13-25(24)26)39-34(46)27(15-16-32(43)44)38-31(42)19-30(41)28(17-22-9-3-1-4-10-22)40-35(47)48-21-23-11-5-2-6-12-23/h1-14,20,27-30,37,41H,15-19,21H2,(H2,36,45)(H,38,42)(H,39,46)(H,40,47)(H,43,44)/t27-,28-,29-,30-/m0/s1. The van der Waals surface area contributed by atoms with Crippen LogP contribution in [0.5, 0.6) is 0 Å². The number of fused-ring (bicyclic) bond motifs is 1. The molecule has 0 aliphatic carbocycles. The van der Waals surface area contributed by atoms with Crippen LogP contribution in [0.3, 0.4) is 0 Å². The molecule has 4 amide bonds. The van der Waals surface area contributed by atoms with Gasteiger partial charge in [0.05, 0.1) is 18.6 Å². The lowest BCUT2D eigenvalue weighted by atomic mass is 9.98. The molecule has 1 heterocycles. The summed E-state index contributed by atoms with van der Waals surface area (Å²) < 4.78 is 5.31. The van der Waals surface area contributed by atoms with Crippen molar-refractivity contribution in [2.45, 2.75) is 62.9 Å². The third-order valence-corrected chi connectivity index (χ3v) is 7.73. The SMILES string of the molecule is NC(=O)[C@H](Cc1c[nH]c2ccccc12)NC(=O)[C@H](CCC(=O)O)NC(=O)C[C@H](O)[C@H](Cc1ccccc1)NC(=O)OCc1ccccc1. The van der Waals surface area contributed by atoms with E-state index in [-0.39, 0.29) is 25.9 Å². The number of nitrogens with one attached hydrogen (secondary N) is 4. The molecule has 3 aromatic carbocycles. The van der Waals surface area contributed by atoms with Gasteiger partial charge in [-0.3, -0.25) is 19.2 Å². The van der Waals surface area contributed by atoms with Crippen molar-refractivity contribution in [3.63, 3.8) is 0 Å². The first-order chi connectivity index (χ1) is 23.1. The van der Waals surface area contributed by atoms with Crippen molar-refractivity contribution in [2.75, 3.05) is 0 Å². The van der Waals surface area contributed by atoms with Gasteiger partial charge >= 0.3 is 12.1 Å². The van der Waals surface area contributed by atoms with E-state index in [0.29, 0.717) is 0 Å². The number of rotatable bonds is 17. The van der Waals surface area contributed by atoms with Gasteiger partial charge in [-0.1, -0.05) is 78.9 Å². The number of aromatic amines is 1. The van der Waals surface area contributed by atoms with Crippen LogP contribution in [0.15, 0.2) is 91.1 Å². The van der Waals surface area contributed by atoms with Crippen LogP contribution in [-0.4, -0.2) is 69.2 Å². The lowest BCUT2D eigenvalue weighted by Crippen LogP contribution is -2.54. The smallest absolute Gasteiger partial charge is 0.407 e. The van der Waals surface area contributed by atoms with Gasteiger partial charge in [0.25, 0.3) is 0 Å². The molecule has 0 saturated heterocycles. The van der Waals surface area contributed by atoms with Crippen LogP contribution in [0, 0.1) is 0 Å². The number of primary amides is 1. The van der Waals surface area contributed by atoms with E-state index in [2.05, 4.69) is 20.9 Å². The van der Waals surface area contributed by atoms with Crippen molar-refractivity contribution in [3.05, 3.63) is 108 Å². The van der Waals surface area contributed by atoms with Gasteiger partial charge in [-0.15, -0.1) is 0 Å².